The van der Waals surface area contributed by atoms with Crippen molar-refractivity contribution in [3.63, 3.8) is 0 Å². The minimum atomic E-state index is -4.07. The molecule has 332 valence electrons. The van der Waals surface area contributed by atoms with Crippen LogP contribution in [0.3, 0.4) is 0 Å². The van der Waals surface area contributed by atoms with E-state index in [2.05, 4.69) is 0 Å². The van der Waals surface area contributed by atoms with Crippen LogP contribution in [-0.4, -0.2) is 96.3 Å². The molecule has 16 nitrogen and oxygen atoms in total. The molecule has 5 rings (SSSR count). The zero-order chi connectivity index (χ0) is 45.7. The molecule has 0 aromatic heterocycles. The summed E-state index contributed by atoms with van der Waals surface area (Å²) in [5.41, 5.74) is 0.189. The van der Waals surface area contributed by atoms with E-state index < -0.39 is 71.2 Å². The molecule has 1 fully saturated rings. The predicted molar refractivity (Wildman–Crippen MR) is 231 cm³/mol. The van der Waals surface area contributed by atoms with Gasteiger partial charge in [-0.15, -0.1) is 0 Å². The lowest BCUT2D eigenvalue weighted by Gasteiger charge is -2.26. The monoisotopic (exact) mass is 955 g/mol. The summed E-state index contributed by atoms with van der Waals surface area (Å²) in [5.74, 6) is -5.54. The smallest absolute Gasteiger partial charge is 0.333 e. The fraction of sp³-hybridized carbons (Fsp3) is 0.317. The van der Waals surface area contributed by atoms with Gasteiger partial charge in [-0.25, -0.2) is 18.0 Å². The van der Waals surface area contributed by atoms with Crippen molar-refractivity contribution in [1.29, 1.82) is 0 Å². The number of rotatable bonds is 16. The number of phenolic OH excluding ortho intramolecular Hbond substituents is 2. The SMILES string of the molecule is CC(C)(C)c1cc(Oc2c(Cl)cc(N(CC(=O)O)CC(=O)OC(=O)CN(CC(=O)O)c3cc(Cl)c(Oc4ccc(O)c(S(=O)(=O)N5CCCCC5)c4)c(Cl)c3)cc2Cl)ccc1O. The molecule has 0 bridgehead atoms. The van der Waals surface area contributed by atoms with Crippen LogP contribution in [-0.2, 0) is 39.4 Å². The van der Waals surface area contributed by atoms with Gasteiger partial charge in [-0.1, -0.05) is 73.6 Å². The van der Waals surface area contributed by atoms with Crippen LogP contribution in [0.15, 0.2) is 65.6 Å². The fourth-order valence-electron chi connectivity index (χ4n) is 6.38. The standard InChI is InChI=1S/C41H41Cl4N3O13S/c1-41(2,3)27-17-25(7-9-32(27)49)59-39-28(42)13-23(14-29(39)43)46(19-35(51)52)21-37(55)61-38(56)22-47(20-36(53)54)24-15-30(44)40(31(45)16-24)60-26-8-10-33(50)34(18-26)62(57,58)48-11-5-4-6-12-48/h7-10,13-18,49-50H,4-6,11-12,19-22H2,1-3H3,(H,51,52)(H,53,54). The number of anilines is 2. The van der Waals surface area contributed by atoms with Gasteiger partial charge in [-0.2, -0.15) is 4.31 Å². The number of benzene rings is 4. The Morgan fingerprint density at radius 2 is 1.06 bits per heavy atom. The maximum Gasteiger partial charge on any atom is 0.333 e. The van der Waals surface area contributed by atoms with Gasteiger partial charge in [-0.05, 0) is 72.9 Å². The number of aromatic hydroxyl groups is 2. The molecule has 0 unspecified atom stereocenters. The molecule has 0 radical (unpaired) electrons. The highest BCUT2D eigenvalue weighted by atomic mass is 35.5. The lowest BCUT2D eigenvalue weighted by atomic mass is 9.86. The number of hydrogen-bond acceptors (Lipinski definition) is 13. The Morgan fingerprint density at radius 3 is 1.48 bits per heavy atom. The number of halogens is 4. The Hall–Kier alpha value is -5.17. The maximum atomic E-state index is 13.3. The first kappa shape index (κ1) is 47.9. The van der Waals surface area contributed by atoms with Crippen molar-refractivity contribution < 1.29 is 62.2 Å². The molecule has 0 aliphatic carbocycles. The molecular weight excluding hydrogens is 916 g/mol. The van der Waals surface area contributed by atoms with Crippen molar-refractivity contribution >= 4 is 91.7 Å². The van der Waals surface area contributed by atoms with Gasteiger partial charge in [0.1, 0.15) is 54.1 Å². The zero-order valence-corrected chi connectivity index (χ0v) is 37.2. The highest BCUT2D eigenvalue weighted by Crippen LogP contribution is 2.43. The van der Waals surface area contributed by atoms with Gasteiger partial charge in [0.2, 0.25) is 10.0 Å². The molecule has 4 aromatic rings. The second kappa shape index (κ2) is 19.9. The lowest BCUT2D eigenvalue weighted by Crippen LogP contribution is -2.39. The third-order valence-corrected chi connectivity index (χ3v) is 12.3. The van der Waals surface area contributed by atoms with Gasteiger partial charge < -0.3 is 44.4 Å². The van der Waals surface area contributed by atoms with E-state index in [1.54, 1.807) is 6.07 Å². The molecule has 1 heterocycles. The molecule has 62 heavy (non-hydrogen) atoms. The van der Waals surface area contributed by atoms with Crippen molar-refractivity contribution in [3.05, 3.63) is 86.3 Å². The summed E-state index contributed by atoms with van der Waals surface area (Å²) in [4.78, 5) is 51.4. The molecule has 1 saturated heterocycles. The van der Waals surface area contributed by atoms with Crippen molar-refractivity contribution in [2.45, 2.75) is 50.3 Å². The highest BCUT2D eigenvalue weighted by molar-refractivity contribution is 7.89. The highest BCUT2D eigenvalue weighted by Gasteiger charge is 2.30. The first-order chi connectivity index (χ1) is 29.0. The van der Waals surface area contributed by atoms with E-state index in [0.29, 0.717) is 37.2 Å². The largest absolute Gasteiger partial charge is 0.508 e. The first-order valence-corrected chi connectivity index (χ1v) is 21.7. The summed E-state index contributed by atoms with van der Waals surface area (Å²) in [6.07, 6.45) is 2.23. The summed E-state index contributed by atoms with van der Waals surface area (Å²) in [6.45, 7) is 3.10. The van der Waals surface area contributed by atoms with E-state index in [1.165, 1.54) is 46.8 Å². The molecule has 0 spiro atoms. The number of nitrogens with zero attached hydrogens (tertiary/aromatic N) is 3. The summed E-state index contributed by atoms with van der Waals surface area (Å²) in [6, 6.07) is 13.1. The summed E-state index contributed by atoms with van der Waals surface area (Å²) in [5, 5.41) is 39.5. The van der Waals surface area contributed by atoms with Gasteiger partial charge >= 0.3 is 23.9 Å². The molecular formula is C41H41Cl4N3O13S. The Kier molecular flexibility index (Phi) is 15.4. The van der Waals surface area contributed by atoms with Gasteiger partial charge in [0.05, 0.1) is 20.1 Å². The van der Waals surface area contributed by atoms with E-state index in [0.717, 1.165) is 28.4 Å². The van der Waals surface area contributed by atoms with E-state index in [-0.39, 0.29) is 59.4 Å². The first-order valence-electron chi connectivity index (χ1n) is 18.7. The number of carbonyl (C=O) groups is 4. The number of ether oxygens (including phenoxy) is 3. The second-order valence-corrected chi connectivity index (χ2v) is 18.6. The summed E-state index contributed by atoms with van der Waals surface area (Å²) >= 11 is 26.0. The third-order valence-electron chi connectivity index (χ3n) is 9.30. The van der Waals surface area contributed by atoms with Crippen molar-refractivity contribution in [2.75, 3.05) is 49.1 Å². The number of carboxylic acid groups (broad SMARTS) is 2. The average Bonchev–Trinajstić information content (AvgIpc) is 3.17. The number of aliphatic carboxylic acids is 2. The normalized spacial score (nSPS) is 13.3. The van der Waals surface area contributed by atoms with Crippen LogP contribution in [0.25, 0.3) is 0 Å². The van der Waals surface area contributed by atoms with Crippen LogP contribution in [0.2, 0.25) is 20.1 Å². The van der Waals surface area contributed by atoms with Crippen LogP contribution in [0.1, 0.15) is 45.6 Å². The van der Waals surface area contributed by atoms with Crippen LogP contribution in [0.4, 0.5) is 11.4 Å². The molecule has 1 aliphatic heterocycles. The molecule has 4 N–H and O–H groups in total. The summed E-state index contributed by atoms with van der Waals surface area (Å²) in [7, 11) is -4.07. The molecule has 4 aromatic carbocycles. The topological polar surface area (TPSA) is 221 Å². The van der Waals surface area contributed by atoms with Gasteiger partial charge in [0.25, 0.3) is 0 Å². The van der Waals surface area contributed by atoms with E-state index in [9.17, 15) is 48.0 Å². The quantitative estimate of drug-likeness (QED) is 0.0613. The molecule has 0 atom stereocenters. The number of carbonyl (C=O) groups excluding carboxylic acids is 2. The van der Waals surface area contributed by atoms with E-state index in [1.807, 2.05) is 20.8 Å². The van der Waals surface area contributed by atoms with Crippen molar-refractivity contribution in [1.82, 2.24) is 4.31 Å². The van der Waals surface area contributed by atoms with Gasteiger partial charge in [0, 0.05) is 36.1 Å². The van der Waals surface area contributed by atoms with Crippen molar-refractivity contribution in [2.24, 2.45) is 0 Å². The Morgan fingerprint density at radius 1 is 0.645 bits per heavy atom. The number of sulfonamides is 1. The third kappa shape index (κ3) is 12.0. The average molecular weight is 958 g/mol. The number of carboxylic acids is 2. The van der Waals surface area contributed by atoms with Gasteiger partial charge in [-0.3, -0.25) is 9.59 Å². The van der Waals surface area contributed by atoms with Crippen LogP contribution in [0.5, 0.6) is 34.5 Å². The number of esters is 2. The van der Waals surface area contributed by atoms with Gasteiger partial charge in [0.15, 0.2) is 11.5 Å². The second-order valence-electron chi connectivity index (χ2n) is 15.1. The number of hydrogen-bond donors (Lipinski definition) is 4. The molecule has 0 saturated carbocycles. The Labute approximate surface area is 376 Å². The predicted octanol–water partition coefficient (Wildman–Crippen LogP) is 8.32. The van der Waals surface area contributed by atoms with Crippen molar-refractivity contribution in [3.8, 4) is 34.5 Å². The lowest BCUT2D eigenvalue weighted by molar-refractivity contribution is -0.157. The van der Waals surface area contributed by atoms with E-state index in [4.69, 9.17) is 60.6 Å². The number of phenols is 2. The minimum Gasteiger partial charge on any atom is -0.508 e. The van der Waals surface area contributed by atoms with Crippen LogP contribution < -0.4 is 19.3 Å². The maximum absolute atomic E-state index is 13.3. The summed E-state index contributed by atoms with van der Waals surface area (Å²) < 4.78 is 44.6. The van der Waals surface area contributed by atoms with Crippen LogP contribution in [0, 0.1) is 0 Å². The molecule has 0 amide bonds. The minimum absolute atomic E-state index is 0.00200. The van der Waals surface area contributed by atoms with E-state index >= 15 is 0 Å². The number of piperidine rings is 1. The molecule has 1 aliphatic rings. The Bertz CT molecular complexity index is 2450. The fourth-order valence-corrected chi connectivity index (χ4v) is 9.10. The zero-order valence-electron chi connectivity index (χ0n) is 33.4. The van der Waals surface area contributed by atoms with Crippen LogP contribution >= 0.6 is 46.4 Å². The Balaban J connectivity index is 1.29. The molecule has 21 heteroatoms.